The number of nitrogens with zero attached hydrogens (tertiary/aromatic N) is 4. The van der Waals surface area contributed by atoms with Crippen LogP contribution in [0, 0.1) is 17.2 Å². The van der Waals surface area contributed by atoms with Crippen LogP contribution in [-0.4, -0.2) is 38.5 Å². The van der Waals surface area contributed by atoms with Gasteiger partial charge in [0.2, 0.25) is 0 Å². The van der Waals surface area contributed by atoms with Crippen molar-refractivity contribution in [2.45, 2.75) is 58.0 Å². The van der Waals surface area contributed by atoms with Crippen LogP contribution in [0.3, 0.4) is 0 Å². The van der Waals surface area contributed by atoms with Gasteiger partial charge in [0.05, 0.1) is 42.1 Å². The summed E-state index contributed by atoms with van der Waals surface area (Å²) in [4.78, 5) is 24.6. The molecule has 1 aliphatic heterocycles. The number of hydrogen-bond donors (Lipinski definition) is 2. The fourth-order valence-electron chi connectivity index (χ4n) is 5.22. The number of carbonyl (C=O) groups is 1. The first-order valence-electron chi connectivity index (χ1n) is 12.1. The number of anilines is 1. The molecule has 0 radical (unpaired) electrons. The lowest BCUT2D eigenvalue weighted by Crippen LogP contribution is -2.37. The van der Waals surface area contributed by atoms with Crippen molar-refractivity contribution in [2.24, 2.45) is 5.92 Å². The highest BCUT2D eigenvalue weighted by Crippen LogP contribution is 2.38. The van der Waals surface area contributed by atoms with Gasteiger partial charge in [0.25, 0.3) is 5.91 Å². The van der Waals surface area contributed by atoms with E-state index in [0.29, 0.717) is 42.6 Å². The third-order valence-corrected chi connectivity index (χ3v) is 7.18. The number of aliphatic hydroxyl groups excluding tert-OH is 1. The van der Waals surface area contributed by atoms with E-state index in [-0.39, 0.29) is 18.1 Å². The monoisotopic (exact) mass is 471 g/mol. The van der Waals surface area contributed by atoms with Gasteiger partial charge in [0.1, 0.15) is 11.9 Å². The normalized spacial score (nSPS) is 21.5. The van der Waals surface area contributed by atoms with Crippen LogP contribution in [-0.2, 0) is 17.9 Å². The summed E-state index contributed by atoms with van der Waals surface area (Å²) >= 11 is 0. The Morgan fingerprint density at radius 3 is 2.77 bits per heavy atom. The lowest BCUT2D eigenvalue weighted by Gasteiger charge is -2.31. The van der Waals surface area contributed by atoms with Crippen LogP contribution in [0.15, 0.2) is 36.5 Å². The van der Waals surface area contributed by atoms with E-state index in [2.05, 4.69) is 16.0 Å². The fraction of sp³-hybridized carbons (Fsp3) is 0.407. The third-order valence-electron chi connectivity index (χ3n) is 7.18. The van der Waals surface area contributed by atoms with E-state index >= 15 is 0 Å². The summed E-state index contributed by atoms with van der Waals surface area (Å²) in [5.74, 6) is 0.715. The molecule has 0 saturated heterocycles. The van der Waals surface area contributed by atoms with E-state index in [9.17, 15) is 9.90 Å². The molecule has 3 aromatic rings. The molecule has 1 saturated carbocycles. The second kappa shape index (κ2) is 9.61. The molecule has 1 amide bonds. The van der Waals surface area contributed by atoms with Crippen LogP contribution in [0.4, 0.5) is 5.82 Å². The fourth-order valence-corrected chi connectivity index (χ4v) is 5.22. The average molecular weight is 472 g/mol. The number of fused-ring (bicyclic) bond motifs is 3. The maximum atomic E-state index is 13.8. The lowest BCUT2D eigenvalue weighted by atomic mass is 9.87. The molecule has 180 valence electrons. The zero-order chi connectivity index (χ0) is 24.5. The van der Waals surface area contributed by atoms with E-state index in [1.807, 2.05) is 24.0 Å². The van der Waals surface area contributed by atoms with Gasteiger partial charge in [-0.05, 0) is 74.4 Å². The first-order valence-corrected chi connectivity index (χ1v) is 12.1. The highest BCUT2D eigenvalue weighted by molar-refractivity contribution is 5.99. The molecule has 1 atom stereocenters. The number of aromatic nitrogens is 2. The molecule has 2 aliphatic rings. The van der Waals surface area contributed by atoms with Crippen molar-refractivity contribution in [1.82, 2.24) is 14.9 Å². The number of carbonyl (C=O) groups excluding carboxylic acids is 1. The molecule has 0 unspecified atom stereocenters. The van der Waals surface area contributed by atoms with Gasteiger partial charge >= 0.3 is 0 Å². The minimum Gasteiger partial charge on any atom is -0.393 e. The zero-order valence-corrected chi connectivity index (χ0v) is 19.8. The Bertz CT molecular complexity index is 1290. The molecule has 2 aromatic heterocycles. The molecule has 1 aromatic carbocycles. The topological polar surface area (TPSA) is 125 Å². The van der Waals surface area contributed by atoms with Crippen molar-refractivity contribution in [3.63, 3.8) is 0 Å². The van der Waals surface area contributed by atoms with E-state index in [1.54, 1.807) is 18.2 Å². The Hall–Kier alpha value is -3.54. The van der Waals surface area contributed by atoms with E-state index in [1.165, 1.54) is 6.20 Å². The van der Waals surface area contributed by atoms with Crippen LogP contribution in [0.1, 0.15) is 71.5 Å². The van der Waals surface area contributed by atoms with Gasteiger partial charge in [-0.3, -0.25) is 9.78 Å². The maximum absolute atomic E-state index is 13.8. The van der Waals surface area contributed by atoms with E-state index in [0.717, 1.165) is 53.4 Å². The smallest absolute Gasteiger partial charge is 0.254 e. The number of benzene rings is 1. The predicted octanol–water partition coefficient (Wildman–Crippen LogP) is 3.87. The van der Waals surface area contributed by atoms with E-state index in [4.69, 9.17) is 15.7 Å². The Morgan fingerprint density at radius 2 is 2.06 bits per heavy atom. The maximum Gasteiger partial charge on any atom is 0.254 e. The molecule has 3 heterocycles. The Balaban J connectivity index is 1.46. The summed E-state index contributed by atoms with van der Waals surface area (Å²) in [7, 11) is 0. The summed E-state index contributed by atoms with van der Waals surface area (Å²) in [6, 6.07) is 11.1. The number of aliphatic hydroxyl groups is 1. The number of rotatable bonds is 5. The summed E-state index contributed by atoms with van der Waals surface area (Å²) in [5.41, 5.74) is 10.6. The van der Waals surface area contributed by atoms with Crippen molar-refractivity contribution in [2.75, 3.05) is 12.3 Å². The summed E-state index contributed by atoms with van der Waals surface area (Å²) in [5, 5.41) is 19.9. The largest absolute Gasteiger partial charge is 0.393 e. The van der Waals surface area contributed by atoms with Crippen molar-refractivity contribution in [3.05, 3.63) is 64.5 Å². The first kappa shape index (κ1) is 23.2. The molecule has 35 heavy (non-hydrogen) atoms. The summed E-state index contributed by atoms with van der Waals surface area (Å²) < 4.78 is 5.80. The van der Waals surface area contributed by atoms with Gasteiger partial charge in [-0.1, -0.05) is 0 Å². The number of hydrogen-bond acceptors (Lipinski definition) is 7. The molecule has 8 nitrogen and oxygen atoms in total. The molecule has 5 rings (SSSR count). The number of nitrogens with two attached hydrogens (primary N) is 1. The molecule has 1 aliphatic carbocycles. The number of nitriles is 1. The molecule has 1 fully saturated rings. The van der Waals surface area contributed by atoms with Crippen LogP contribution in [0.5, 0.6) is 0 Å². The summed E-state index contributed by atoms with van der Waals surface area (Å²) in [6.45, 7) is 3.34. The van der Waals surface area contributed by atoms with Gasteiger partial charge in [-0.2, -0.15) is 5.26 Å². The number of pyridine rings is 2. The Labute approximate surface area is 204 Å². The standard InChI is InChI=1S/C27H29N5O3/c1-16-25-23(15-35-16)22-10-19(5-9-24(22)31-26(25)29)27(34)32(13-17-3-7-21(33)8-4-17)14-20-6-2-18(11-28)12-30-20/h2,5-6,9-10,12,16-17,21,33H,3-4,7-8,13-15H2,1H3,(H2,29,31)/t16-,17-,21-/m1/s1. The van der Waals surface area contributed by atoms with Gasteiger partial charge in [0.15, 0.2) is 0 Å². The van der Waals surface area contributed by atoms with Gasteiger partial charge < -0.3 is 20.5 Å². The predicted molar refractivity (Wildman–Crippen MR) is 131 cm³/mol. The van der Waals surface area contributed by atoms with Crippen LogP contribution in [0.2, 0.25) is 0 Å². The zero-order valence-electron chi connectivity index (χ0n) is 19.8. The highest BCUT2D eigenvalue weighted by Gasteiger charge is 2.28. The molecule has 0 bridgehead atoms. The Morgan fingerprint density at radius 1 is 1.26 bits per heavy atom. The molecule has 0 spiro atoms. The van der Waals surface area contributed by atoms with Crippen molar-refractivity contribution in [3.8, 4) is 6.07 Å². The summed E-state index contributed by atoms with van der Waals surface area (Å²) in [6.07, 6.45) is 4.45. The lowest BCUT2D eigenvalue weighted by molar-refractivity contribution is 0.0634. The minimum atomic E-state index is -0.247. The quantitative estimate of drug-likeness (QED) is 0.578. The van der Waals surface area contributed by atoms with Gasteiger partial charge in [-0.15, -0.1) is 0 Å². The van der Waals surface area contributed by atoms with Crippen LogP contribution >= 0.6 is 0 Å². The second-order valence-electron chi connectivity index (χ2n) is 9.58. The molecular weight excluding hydrogens is 442 g/mol. The van der Waals surface area contributed by atoms with Gasteiger partial charge in [0, 0.05) is 29.3 Å². The van der Waals surface area contributed by atoms with Crippen molar-refractivity contribution >= 4 is 22.6 Å². The minimum absolute atomic E-state index is 0.0817. The average Bonchev–Trinajstić information content (AvgIpc) is 3.27. The number of amides is 1. The van der Waals surface area contributed by atoms with Crippen molar-refractivity contribution < 1.29 is 14.6 Å². The second-order valence-corrected chi connectivity index (χ2v) is 9.58. The highest BCUT2D eigenvalue weighted by atomic mass is 16.5. The Kier molecular flexibility index (Phi) is 6.37. The van der Waals surface area contributed by atoms with Crippen molar-refractivity contribution in [1.29, 1.82) is 5.26 Å². The first-order chi connectivity index (χ1) is 16.9. The van der Waals surface area contributed by atoms with Crippen LogP contribution < -0.4 is 5.73 Å². The van der Waals surface area contributed by atoms with Crippen LogP contribution in [0.25, 0.3) is 10.9 Å². The number of ether oxygens (including phenoxy) is 1. The van der Waals surface area contributed by atoms with E-state index < -0.39 is 0 Å². The molecule has 8 heteroatoms. The number of nitrogen functional groups attached to an aromatic ring is 1. The SMILES string of the molecule is C[C@H]1OCc2c1c(N)nc1ccc(C(=O)N(Cc3ccc(C#N)cn3)C[C@H]3CC[C@H](O)CC3)cc21. The molecular formula is C27H29N5O3. The third kappa shape index (κ3) is 4.70. The molecule has 3 N–H and O–H groups in total. The van der Waals surface area contributed by atoms with Gasteiger partial charge in [-0.25, -0.2) is 4.98 Å².